The number of primary amides is 1. The number of nitrogens with zero attached hydrogens (tertiary/aromatic N) is 1. The van der Waals surface area contributed by atoms with E-state index in [1.807, 2.05) is 0 Å². The van der Waals surface area contributed by atoms with E-state index in [1.165, 1.54) is 19.1 Å². The summed E-state index contributed by atoms with van der Waals surface area (Å²) < 4.78 is 0. The van der Waals surface area contributed by atoms with Gasteiger partial charge in [-0.1, -0.05) is 0 Å². The van der Waals surface area contributed by atoms with Crippen molar-refractivity contribution in [3.63, 3.8) is 0 Å². The van der Waals surface area contributed by atoms with E-state index in [2.05, 4.69) is 0 Å². The molecule has 0 aromatic heterocycles. The number of carboxylic acid groups (broad SMARTS) is 1. The monoisotopic (exact) mass is 270 g/mol. The zero-order chi connectivity index (χ0) is 13.9. The number of nitro benzene ring substituents is 1. The number of nitro groups is 1. The van der Waals surface area contributed by atoms with Gasteiger partial charge in [0.25, 0.3) is 5.69 Å². The topological polar surface area (TPSA) is 124 Å². The lowest BCUT2D eigenvalue weighted by atomic mass is 10.2. The van der Waals surface area contributed by atoms with E-state index < -0.39 is 22.0 Å². The molecule has 3 N–H and O–H groups in total. The summed E-state index contributed by atoms with van der Waals surface area (Å²) >= 11 is 0.834. The summed E-state index contributed by atoms with van der Waals surface area (Å²) in [6, 6.07) is 3.69. The zero-order valence-corrected chi connectivity index (χ0v) is 10.1. The van der Waals surface area contributed by atoms with E-state index in [9.17, 15) is 19.7 Å². The molecule has 0 aliphatic rings. The first-order valence-electron chi connectivity index (χ1n) is 4.80. The predicted octanol–water partition coefficient (Wildman–Crippen LogP) is 1.26. The van der Waals surface area contributed by atoms with Crippen molar-refractivity contribution < 1.29 is 19.6 Å². The highest BCUT2D eigenvalue weighted by molar-refractivity contribution is 8.00. The third-order valence-corrected chi connectivity index (χ3v) is 3.25. The van der Waals surface area contributed by atoms with Gasteiger partial charge in [0.15, 0.2) is 0 Å². The predicted molar refractivity (Wildman–Crippen MR) is 64.6 cm³/mol. The molecule has 0 bridgehead atoms. The van der Waals surface area contributed by atoms with Crippen LogP contribution in [0, 0.1) is 10.1 Å². The van der Waals surface area contributed by atoms with Crippen molar-refractivity contribution in [1.29, 1.82) is 0 Å². The number of carboxylic acids is 1. The molecule has 0 aliphatic heterocycles. The molecule has 0 fully saturated rings. The first-order valence-corrected chi connectivity index (χ1v) is 5.68. The molecule has 0 aliphatic carbocycles. The van der Waals surface area contributed by atoms with Crippen molar-refractivity contribution in [2.24, 2.45) is 5.73 Å². The summed E-state index contributed by atoms with van der Waals surface area (Å²) in [7, 11) is 0. The van der Waals surface area contributed by atoms with E-state index >= 15 is 0 Å². The molecule has 0 heterocycles. The van der Waals surface area contributed by atoms with Gasteiger partial charge in [-0.25, -0.2) is 0 Å². The first-order chi connectivity index (χ1) is 8.32. The number of hydrogen-bond donors (Lipinski definition) is 2. The minimum Gasteiger partial charge on any atom is -0.480 e. The van der Waals surface area contributed by atoms with Gasteiger partial charge in [-0.3, -0.25) is 19.7 Å². The molecule has 0 saturated carbocycles. The maximum absolute atomic E-state index is 10.9. The van der Waals surface area contributed by atoms with Crippen molar-refractivity contribution in [3.05, 3.63) is 33.9 Å². The summed E-state index contributed by atoms with van der Waals surface area (Å²) in [5, 5.41) is 18.8. The number of rotatable bonds is 5. The maximum atomic E-state index is 10.9. The lowest BCUT2D eigenvalue weighted by Crippen LogP contribution is -2.13. The molecule has 8 heteroatoms. The highest BCUT2D eigenvalue weighted by Crippen LogP contribution is 2.32. The zero-order valence-electron chi connectivity index (χ0n) is 9.32. The summed E-state index contributed by atoms with van der Waals surface area (Å²) in [5.74, 6) is -1.85. The van der Waals surface area contributed by atoms with Gasteiger partial charge in [-0.15, -0.1) is 11.8 Å². The van der Waals surface area contributed by atoms with E-state index in [4.69, 9.17) is 10.8 Å². The Bertz CT molecular complexity index is 517. The molecule has 18 heavy (non-hydrogen) atoms. The second kappa shape index (κ2) is 5.50. The van der Waals surface area contributed by atoms with E-state index in [0.717, 1.165) is 17.8 Å². The van der Waals surface area contributed by atoms with Crippen molar-refractivity contribution in [3.8, 4) is 0 Å². The molecular weight excluding hydrogens is 260 g/mol. The molecule has 0 radical (unpaired) electrons. The number of nitrogens with two attached hydrogens (primary N) is 1. The van der Waals surface area contributed by atoms with Gasteiger partial charge in [-0.2, -0.15) is 0 Å². The fourth-order valence-electron chi connectivity index (χ4n) is 1.15. The van der Waals surface area contributed by atoms with Gasteiger partial charge < -0.3 is 10.8 Å². The summed E-state index contributed by atoms with van der Waals surface area (Å²) in [6.45, 7) is 1.42. The molecular formula is C10H10N2O5S. The SMILES string of the molecule is CC(Sc1ccc(C(N)=O)cc1[N+](=O)[O-])C(=O)O. The minimum absolute atomic E-state index is 0.00836. The number of benzene rings is 1. The molecule has 1 amide bonds. The smallest absolute Gasteiger partial charge is 0.316 e. The highest BCUT2D eigenvalue weighted by Gasteiger charge is 2.21. The van der Waals surface area contributed by atoms with Crippen LogP contribution < -0.4 is 5.73 Å². The minimum atomic E-state index is -1.08. The van der Waals surface area contributed by atoms with Crippen LogP contribution in [0.15, 0.2) is 23.1 Å². The normalized spacial score (nSPS) is 11.8. The lowest BCUT2D eigenvalue weighted by molar-refractivity contribution is -0.387. The Morgan fingerprint density at radius 3 is 2.56 bits per heavy atom. The molecule has 1 rings (SSSR count). The van der Waals surface area contributed by atoms with E-state index in [0.29, 0.717) is 0 Å². The van der Waals surface area contributed by atoms with E-state index in [-0.39, 0.29) is 16.1 Å². The second-order valence-electron chi connectivity index (χ2n) is 3.40. The average Bonchev–Trinajstić information content (AvgIpc) is 2.28. The van der Waals surface area contributed by atoms with Crippen LogP contribution in [0.4, 0.5) is 5.69 Å². The van der Waals surface area contributed by atoms with Crippen molar-refractivity contribution in [2.75, 3.05) is 0 Å². The van der Waals surface area contributed by atoms with Crippen LogP contribution in [0.1, 0.15) is 17.3 Å². The third-order valence-electron chi connectivity index (χ3n) is 2.09. The Balaban J connectivity index is 3.16. The van der Waals surface area contributed by atoms with Crippen molar-refractivity contribution >= 4 is 29.3 Å². The van der Waals surface area contributed by atoms with Crippen LogP contribution in [0.3, 0.4) is 0 Å². The molecule has 1 unspecified atom stereocenters. The molecule has 0 spiro atoms. The molecule has 0 saturated heterocycles. The van der Waals surface area contributed by atoms with Gasteiger partial charge >= 0.3 is 5.97 Å². The van der Waals surface area contributed by atoms with Crippen LogP contribution >= 0.6 is 11.8 Å². The molecule has 96 valence electrons. The Morgan fingerprint density at radius 1 is 1.50 bits per heavy atom. The fourth-order valence-corrected chi connectivity index (χ4v) is 2.04. The third kappa shape index (κ3) is 3.20. The first kappa shape index (κ1) is 14.0. The van der Waals surface area contributed by atoms with Crippen molar-refractivity contribution in [2.45, 2.75) is 17.1 Å². The molecule has 7 nitrogen and oxygen atoms in total. The Morgan fingerprint density at radius 2 is 2.11 bits per heavy atom. The summed E-state index contributed by atoms with van der Waals surface area (Å²) in [4.78, 5) is 32.0. The van der Waals surface area contributed by atoms with Crippen molar-refractivity contribution in [1.82, 2.24) is 0 Å². The Labute approximate surface area is 106 Å². The number of carbonyl (C=O) groups excluding carboxylic acids is 1. The van der Waals surface area contributed by atoms with E-state index in [1.54, 1.807) is 0 Å². The number of hydrogen-bond acceptors (Lipinski definition) is 5. The Hall–Kier alpha value is -2.09. The largest absolute Gasteiger partial charge is 0.480 e. The number of thioether (sulfide) groups is 1. The van der Waals surface area contributed by atoms with Gasteiger partial charge in [0.05, 0.1) is 9.82 Å². The highest BCUT2D eigenvalue weighted by atomic mass is 32.2. The average molecular weight is 270 g/mol. The summed E-state index contributed by atoms with van der Waals surface area (Å²) in [5.41, 5.74) is 4.70. The number of carbonyl (C=O) groups is 2. The second-order valence-corrected chi connectivity index (χ2v) is 4.78. The lowest BCUT2D eigenvalue weighted by Gasteiger charge is -2.07. The van der Waals surface area contributed by atoms with Gasteiger partial charge in [0.2, 0.25) is 5.91 Å². The van der Waals surface area contributed by atoms with Gasteiger partial charge in [0.1, 0.15) is 5.25 Å². The number of aliphatic carboxylic acids is 1. The number of amides is 1. The maximum Gasteiger partial charge on any atom is 0.316 e. The van der Waals surface area contributed by atoms with Crippen LogP contribution in [0.2, 0.25) is 0 Å². The Kier molecular flexibility index (Phi) is 4.27. The van der Waals surface area contributed by atoms with Crippen LogP contribution in [-0.4, -0.2) is 27.2 Å². The van der Waals surface area contributed by atoms with Gasteiger partial charge in [-0.05, 0) is 19.1 Å². The summed E-state index contributed by atoms with van der Waals surface area (Å²) in [6.07, 6.45) is 0. The van der Waals surface area contributed by atoms with Crippen LogP contribution in [0.25, 0.3) is 0 Å². The van der Waals surface area contributed by atoms with Gasteiger partial charge in [0, 0.05) is 11.6 Å². The fraction of sp³-hybridized carbons (Fsp3) is 0.200. The molecule has 1 aromatic rings. The molecule has 1 atom stereocenters. The van der Waals surface area contributed by atoms with Crippen LogP contribution in [-0.2, 0) is 4.79 Å². The van der Waals surface area contributed by atoms with Crippen LogP contribution in [0.5, 0.6) is 0 Å². The standard InChI is InChI=1S/C10H10N2O5S/c1-5(10(14)15)18-8-3-2-6(9(11)13)4-7(8)12(16)17/h2-5H,1H3,(H2,11,13)(H,14,15). The molecule has 1 aromatic carbocycles. The quantitative estimate of drug-likeness (QED) is 0.471.